The minimum Gasteiger partial charge on any atom is -0.479 e. The molecule has 1 saturated heterocycles. The van der Waals surface area contributed by atoms with Crippen molar-refractivity contribution in [3.63, 3.8) is 0 Å². The lowest BCUT2D eigenvalue weighted by molar-refractivity contribution is -0.143. The van der Waals surface area contributed by atoms with Crippen LogP contribution in [0.5, 0.6) is 0 Å². The van der Waals surface area contributed by atoms with E-state index in [4.69, 9.17) is 4.84 Å². The SMILES string of the molecule is O=C(NCCc1ccncc1)c1cc2c(s1)C(C(=O)O)N1C[C@H]2N(OCc2ccccc2)C1=O. The standard InChI is InChI=1S/C24H22N4O5S/c29-22(26-11-8-15-6-9-25-10-7-15)19-12-17-18-13-27(20(23(30)31)21(17)34-19)24(32)28(18)33-14-16-4-2-1-3-5-16/h1-7,9-10,12,18,20H,8,11,13-14H2,(H,26,29)(H,30,31)/t18-,20?/m1/s1. The van der Waals surface area contributed by atoms with Crippen molar-refractivity contribution < 1.29 is 24.3 Å². The van der Waals surface area contributed by atoms with E-state index in [0.717, 1.165) is 22.5 Å². The maximum absolute atomic E-state index is 13.0. The molecule has 0 aliphatic carbocycles. The summed E-state index contributed by atoms with van der Waals surface area (Å²) in [6.07, 6.45) is 4.06. The molecule has 0 radical (unpaired) electrons. The summed E-state index contributed by atoms with van der Waals surface area (Å²) in [7, 11) is 0. The van der Waals surface area contributed by atoms with Crippen LogP contribution < -0.4 is 5.32 Å². The summed E-state index contributed by atoms with van der Waals surface area (Å²) in [5.74, 6) is -1.41. The number of carbonyl (C=O) groups excluding carboxylic acids is 2. The average Bonchev–Trinajstić information content (AvgIpc) is 3.40. The summed E-state index contributed by atoms with van der Waals surface area (Å²) < 4.78 is 0. The second-order valence-corrected chi connectivity index (χ2v) is 9.15. The highest BCUT2D eigenvalue weighted by atomic mass is 32.1. The van der Waals surface area contributed by atoms with Gasteiger partial charge in [-0.05, 0) is 41.3 Å². The van der Waals surface area contributed by atoms with Gasteiger partial charge in [0.05, 0.1) is 11.4 Å². The number of nitrogens with one attached hydrogen (secondary N) is 1. The van der Waals surface area contributed by atoms with Crippen LogP contribution in [-0.2, 0) is 22.7 Å². The number of aromatic nitrogens is 1. The van der Waals surface area contributed by atoms with Gasteiger partial charge in [-0.15, -0.1) is 11.3 Å². The van der Waals surface area contributed by atoms with Crippen LogP contribution in [0.15, 0.2) is 60.9 Å². The Morgan fingerprint density at radius 2 is 1.91 bits per heavy atom. The fourth-order valence-electron chi connectivity index (χ4n) is 4.25. The summed E-state index contributed by atoms with van der Waals surface area (Å²) in [5, 5.41) is 14.0. The van der Waals surface area contributed by atoms with Crippen molar-refractivity contribution in [3.05, 3.63) is 87.4 Å². The molecule has 3 aromatic rings. The Labute approximate surface area is 199 Å². The Morgan fingerprint density at radius 3 is 2.65 bits per heavy atom. The molecule has 1 fully saturated rings. The molecule has 10 heteroatoms. The molecule has 5 rings (SSSR count). The number of rotatable bonds is 8. The maximum Gasteiger partial charge on any atom is 0.345 e. The summed E-state index contributed by atoms with van der Waals surface area (Å²) in [5.41, 5.74) is 2.59. The van der Waals surface area contributed by atoms with E-state index in [1.165, 1.54) is 9.96 Å². The second-order valence-electron chi connectivity index (χ2n) is 8.07. The molecule has 4 heterocycles. The van der Waals surface area contributed by atoms with Crippen LogP contribution in [0.3, 0.4) is 0 Å². The van der Waals surface area contributed by atoms with Gasteiger partial charge in [0.25, 0.3) is 5.91 Å². The minimum atomic E-state index is -1.15. The van der Waals surface area contributed by atoms with Crippen molar-refractivity contribution in [2.24, 2.45) is 0 Å². The molecule has 174 valence electrons. The zero-order valence-electron chi connectivity index (χ0n) is 18.1. The van der Waals surface area contributed by atoms with Crippen molar-refractivity contribution in [1.29, 1.82) is 0 Å². The van der Waals surface area contributed by atoms with Gasteiger partial charge >= 0.3 is 12.0 Å². The quantitative estimate of drug-likeness (QED) is 0.514. The topological polar surface area (TPSA) is 112 Å². The molecule has 1 aromatic carbocycles. The van der Waals surface area contributed by atoms with Gasteiger partial charge < -0.3 is 15.3 Å². The van der Waals surface area contributed by atoms with E-state index in [9.17, 15) is 19.5 Å². The van der Waals surface area contributed by atoms with E-state index >= 15 is 0 Å². The highest BCUT2D eigenvalue weighted by Gasteiger charge is 2.52. The van der Waals surface area contributed by atoms with Crippen LogP contribution in [0, 0.1) is 0 Å². The van der Waals surface area contributed by atoms with Gasteiger partial charge in [-0.2, -0.15) is 5.06 Å². The number of fused-ring (bicyclic) bond motifs is 4. The average molecular weight is 479 g/mol. The number of urea groups is 1. The molecule has 2 bridgehead atoms. The van der Waals surface area contributed by atoms with Crippen molar-refractivity contribution in [2.75, 3.05) is 13.1 Å². The van der Waals surface area contributed by atoms with Gasteiger partial charge in [-0.1, -0.05) is 30.3 Å². The minimum absolute atomic E-state index is 0.177. The lowest BCUT2D eigenvalue weighted by atomic mass is 9.99. The van der Waals surface area contributed by atoms with Crippen LogP contribution in [0.25, 0.3) is 0 Å². The number of hydroxylamine groups is 2. The molecule has 34 heavy (non-hydrogen) atoms. The Hall–Kier alpha value is -3.76. The molecule has 2 aliphatic heterocycles. The molecule has 2 N–H and O–H groups in total. The number of carboxylic acids is 1. The first-order chi connectivity index (χ1) is 16.5. The predicted octanol–water partition coefficient (Wildman–Crippen LogP) is 3.17. The van der Waals surface area contributed by atoms with E-state index in [2.05, 4.69) is 10.3 Å². The lowest BCUT2D eigenvalue weighted by Crippen LogP contribution is -2.37. The first-order valence-electron chi connectivity index (χ1n) is 10.8. The molecule has 9 nitrogen and oxygen atoms in total. The van der Waals surface area contributed by atoms with Gasteiger partial charge in [0, 0.05) is 23.8 Å². The normalized spacial score (nSPS) is 18.6. The fourth-order valence-corrected chi connectivity index (χ4v) is 5.49. The van der Waals surface area contributed by atoms with Crippen molar-refractivity contribution in [2.45, 2.75) is 25.1 Å². The van der Waals surface area contributed by atoms with Gasteiger partial charge in [0.15, 0.2) is 6.04 Å². The first kappa shape index (κ1) is 22.1. The number of carboxylic acid groups (broad SMARTS) is 1. The third-order valence-corrected chi connectivity index (χ3v) is 7.12. The van der Waals surface area contributed by atoms with Crippen LogP contribution in [0.1, 0.15) is 43.3 Å². The summed E-state index contributed by atoms with van der Waals surface area (Å²) in [6, 6.07) is 12.8. The first-order valence-corrected chi connectivity index (χ1v) is 11.6. The number of carbonyl (C=O) groups is 3. The molecular weight excluding hydrogens is 456 g/mol. The van der Waals surface area contributed by atoms with Crippen LogP contribution in [0.4, 0.5) is 4.79 Å². The number of amides is 3. The van der Waals surface area contributed by atoms with E-state index in [-0.39, 0.29) is 19.1 Å². The Kier molecular flexibility index (Phi) is 5.99. The van der Waals surface area contributed by atoms with E-state index in [1.807, 2.05) is 42.5 Å². The molecule has 0 spiro atoms. The number of nitrogens with zero attached hydrogens (tertiary/aromatic N) is 3. The third kappa shape index (κ3) is 4.13. The maximum atomic E-state index is 13.0. The van der Waals surface area contributed by atoms with Gasteiger partial charge in [-0.3, -0.25) is 14.6 Å². The number of aliphatic carboxylic acids is 1. The van der Waals surface area contributed by atoms with Crippen LogP contribution in [0.2, 0.25) is 0 Å². The molecule has 0 saturated carbocycles. The monoisotopic (exact) mass is 478 g/mol. The molecule has 1 unspecified atom stereocenters. The number of hydrogen-bond donors (Lipinski definition) is 2. The van der Waals surface area contributed by atoms with Gasteiger partial charge in [0.1, 0.15) is 12.6 Å². The summed E-state index contributed by atoms with van der Waals surface area (Å²) >= 11 is 1.11. The number of pyridine rings is 1. The molecule has 3 amide bonds. The molecule has 2 aliphatic rings. The highest BCUT2D eigenvalue weighted by Crippen LogP contribution is 2.47. The Morgan fingerprint density at radius 1 is 1.15 bits per heavy atom. The Bertz CT molecular complexity index is 1220. The molecule has 2 atom stereocenters. The van der Waals surface area contributed by atoms with Crippen LogP contribution in [-0.4, -0.2) is 51.1 Å². The molecular formula is C24H22N4O5S. The number of hydrogen-bond acceptors (Lipinski definition) is 6. The van der Waals surface area contributed by atoms with Crippen LogP contribution >= 0.6 is 11.3 Å². The Balaban J connectivity index is 1.34. The van der Waals surface area contributed by atoms with E-state index in [1.54, 1.807) is 18.5 Å². The number of benzene rings is 1. The summed E-state index contributed by atoms with van der Waals surface area (Å²) in [4.78, 5) is 49.9. The van der Waals surface area contributed by atoms with Gasteiger partial charge in [0.2, 0.25) is 0 Å². The smallest absolute Gasteiger partial charge is 0.345 e. The largest absolute Gasteiger partial charge is 0.479 e. The van der Waals surface area contributed by atoms with Crippen molar-refractivity contribution in [1.82, 2.24) is 20.3 Å². The summed E-state index contributed by atoms with van der Waals surface area (Å²) in [6.45, 7) is 0.808. The predicted molar refractivity (Wildman–Crippen MR) is 123 cm³/mol. The third-order valence-electron chi connectivity index (χ3n) is 5.92. The lowest BCUT2D eigenvalue weighted by Gasteiger charge is -2.27. The van der Waals surface area contributed by atoms with E-state index < -0.39 is 24.1 Å². The zero-order chi connectivity index (χ0) is 23.7. The molecule has 2 aromatic heterocycles. The van der Waals surface area contributed by atoms with Crippen molar-refractivity contribution in [3.8, 4) is 0 Å². The number of thiophene rings is 1. The zero-order valence-corrected chi connectivity index (χ0v) is 18.9. The highest BCUT2D eigenvalue weighted by molar-refractivity contribution is 7.14. The fraction of sp³-hybridized carbons (Fsp3) is 0.250. The van der Waals surface area contributed by atoms with Gasteiger partial charge in [-0.25, -0.2) is 9.59 Å². The van der Waals surface area contributed by atoms with E-state index in [0.29, 0.717) is 28.3 Å². The second kappa shape index (κ2) is 9.24. The van der Waals surface area contributed by atoms with Crippen molar-refractivity contribution >= 4 is 29.2 Å².